The third kappa shape index (κ3) is 3.38. The van der Waals surface area contributed by atoms with Crippen LogP contribution in [0, 0.1) is 5.92 Å². The van der Waals surface area contributed by atoms with Crippen molar-refractivity contribution in [2.24, 2.45) is 5.92 Å². The number of ether oxygens (including phenoxy) is 1. The average molecular weight is 258 g/mol. The van der Waals surface area contributed by atoms with Crippen molar-refractivity contribution >= 4 is 5.78 Å². The molecule has 2 unspecified atom stereocenters. The maximum absolute atomic E-state index is 11.5. The Bertz CT molecular complexity index is 317. The van der Waals surface area contributed by atoms with Crippen LogP contribution in [0.4, 0.5) is 0 Å². The minimum absolute atomic E-state index is 0.330. The normalized spacial score (nSPS) is 21.6. The van der Waals surface area contributed by atoms with Crippen molar-refractivity contribution in [2.75, 3.05) is 0 Å². The van der Waals surface area contributed by atoms with Crippen molar-refractivity contribution in [3.63, 3.8) is 0 Å². The van der Waals surface area contributed by atoms with Crippen molar-refractivity contribution in [1.82, 2.24) is 0 Å². The van der Waals surface area contributed by atoms with E-state index in [0.717, 1.165) is 25.7 Å². The summed E-state index contributed by atoms with van der Waals surface area (Å²) < 4.78 is 4.79. The van der Waals surface area contributed by atoms with Crippen LogP contribution >= 0.6 is 0 Å². The van der Waals surface area contributed by atoms with Crippen molar-refractivity contribution in [1.29, 1.82) is 0 Å². The predicted molar refractivity (Wildman–Crippen MR) is 66.1 cm³/mol. The molecule has 0 aromatic carbocycles. The molecule has 2 atom stereocenters. The van der Waals surface area contributed by atoms with Crippen molar-refractivity contribution < 1.29 is 24.9 Å². The molecule has 0 bridgehead atoms. The molecule has 0 aliphatic carbocycles. The van der Waals surface area contributed by atoms with Crippen LogP contribution in [0.1, 0.15) is 46.0 Å². The standard InChI is InChI=1S/C13H22O5/c1-3-5-8(6-4-2)7-9(14)12-10(15)11(16)13(17)18-12/h8-9,12,14,16-17H,3-7H2,1-2H3. The Morgan fingerprint density at radius 1 is 1.22 bits per heavy atom. The minimum Gasteiger partial charge on any atom is -0.499 e. The zero-order valence-corrected chi connectivity index (χ0v) is 10.9. The third-order valence-electron chi connectivity index (χ3n) is 3.25. The number of hydrogen-bond donors (Lipinski definition) is 3. The van der Waals surface area contributed by atoms with Gasteiger partial charge in [-0.05, 0) is 12.3 Å². The van der Waals surface area contributed by atoms with Gasteiger partial charge in [0.1, 0.15) is 0 Å². The zero-order chi connectivity index (χ0) is 13.7. The van der Waals surface area contributed by atoms with E-state index in [1.807, 2.05) is 0 Å². The summed E-state index contributed by atoms with van der Waals surface area (Å²) in [6.45, 7) is 4.15. The van der Waals surface area contributed by atoms with Gasteiger partial charge in [-0.3, -0.25) is 4.79 Å². The lowest BCUT2D eigenvalue weighted by Gasteiger charge is -2.22. The first kappa shape index (κ1) is 14.8. The quantitative estimate of drug-likeness (QED) is 0.651. The summed E-state index contributed by atoms with van der Waals surface area (Å²) in [6.07, 6.45) is 2.29. The van der Waals surface area contributed by atoms with Gasteiger partial charge in [0.05, 0.1) is 6.10 Å². The van der Waals surface area contributed by atoms with Crippen LogP contribution in [0.2, 0.25) is 0 Å². The lowest BCUT2D eigenvalue weighted by molar-refractivity contribution is -0.130. The van der Waals surface area contributed by atoms with Crippen molar-refractivity contribution in [3.05, 3.63) is 11.7 Å². The molecule has 1 aliphatic heterocycles. The summed E-state index contributed by atoms with van der Waals surface area (Å²) in [7, 11) is 0. The molecule has 104 valence electrons. The van der Waals surface area contributed by atoms with Gasteiger partial charge in [0, 0.05) is 0 Å². The lowest BCUT2D eigenvalue weighted by Crippen LogP contribution is -2.34. The molecule has 0 amide bonds. The summed E-state index contributed by atoms with van der Waals surface area (Å²) >= 11 is 0. The monoisotopic (exact) mass is 258 g/mol. The van der Waals surface area contributed by atoms with Crippen LogP contribution in [-0.2, 0) is 9.53 Å². The van der Waals surface area contributed by atoms with Crippen LogP contribution in [0.3, 0.4) is 0 Å². The fourth-order valence-electron chi connectivity index (χ4n) is 2.38. The third-order valence-corrected chi connectivity index (χ3v) is 3.25. The van der Waals surface area contributed by atoms with Crippen LogP contribution in [-0.4, -0.2) is 33.3 Å². The maximum Gasteiger partial charge on any atom is 0.325 e. The molecule has 5 heteroatoms. The number of carbonyl (C=O) groups excluding carboxylic acids is 1. The van der Waals surface area contributed by atoms with Gasteiger partial charge in [-0.1, -0.05) is 39.5 Å². The molecule has 18 heavy (non-hydrogen) atoms. The first-order valence-electron chi connectivity index (χ1n) is 6.52. The van der Waals surface area contributed by atoms with Gasteiger partial charge in [-0.2, -0.15) is 0 Å². The van der Waals surface area contributed by atoms with Crippen LogP contribution in [0.15, 0.2) is 11.7 Å². The Balaban J connectivity index is 2.55. The molecule has 0 saturated heterocycles. The number of Topliss-reactive ketones (excluding diaryl/α,β-unsaturated/α-hetero) is 1. The van der Waals surface area contributed by atoms with E-state index < -0.39 is 29.7 Å². The molecule has 1 heterocycles. The first-order valence-corrected chi connectivity index (χ1v) is 6.52. The minimum atomic E-state index is -1.17. The molecule has 1 aliphatic rings. The molecule has 3 N–H and O–H groups in total. The molecule has 0 spiro atoms. The Morgan fingerprint density at radius 3 is 2.17 bits per heavy atom. The zero-order valence-electron chi connectivity index (χ0n) is 10.9. The summed E-state index contributed by atoms with van der Waals surface area (Å²) in [5, 5.41) is 28.3. The number of aliphatic hydroxyl groups excluding tert-OH is 3. The van der Waals surface area contributed by atoms with Crippen molar-refractivity contribution in [3.8, 4) is 0 Å². The molecular formula is C13H22O5. The number of carbonyl (C=O) groups is 1. The highest BCUT2D eigenvalue weighted by Crippen LogP contribution is 2.26. The molecule has 0 saturated carbocycles. The molecule has 0 fully saturated rings. The van der Waals surface area contributed by atoms with Gasteiger partial charge >= 0.3 is 5.95 Å². The fourth-order valence-corrected chi connectivity index (χ4v) is 2.38. The highest BCUT2D eigenvalue weighted by atomic mass is 16.6. The van der Waals surface area contributed by atoms with E-state index in [0.29, 0.717) is 12.3 Å². The van der Waals surface area contributed by atoms with E-state index in [2.05, 4.69) is 13.8 Å². The van der Waals surface area contributed by atoms with Gasteiger partial charge in [0.15, 0.2) is 6.10 Å². The lowest BCUT2D eigenvalue weighted by atomic mass is 9.90. The van der Waals surface area contributed by atoms with Gasteiger partial charge < -0.3 is 20.1 Å². The largest absolute Gasteiger partial charge is 0.499 e. The fraction of sp³-hybridized carbons (Fsp3) is 0.769. The molecule has 0 aromatic heterocycles. The highest BCUT2D eigenvalue weighted by molar-refractivity contribution is 5.99. The average Bonchev–Trinajstić information content (AvgIpc) is 2.58. The number of ketones is 1. The van der Waals surface area contributed by atoms with E-state index in [1.54, 1.807) is 0 Å². The Labute approximate surface area is 107 Å². The van der Waals surface area contributed by atoms with Gasteiger partial charge in [-0.15, -0.1) is 0 Å². The van der Waals surface area contributed by atoms with Crippen LogP contribution in [0.25, 0.3) is 0 Å². The second-order valence-electron chi connectivity index (χ2n) is 4.80. The number of hydrogen-bond acceptors (Lipinski definition) is 5. The molecular weight excluding hydrogens is 236 g/mol. The van der Waals surface area contributed by atoms with E-state index in [1.165, 1.54) is 0 Å². The Morgan fingerprint density at radius 2 is 1.78 bits per heavy atom. The van der Waals surface area contributed by atoms with Crippen LogP contribution in [0.5, 0.6) is 0 Å². The Hall–Kier alpha value is -1.23. The maximum atomic E-state index is 11.5. The van der Waals surface area contributed by atoms with Gasteiger partial charge in [0.25, 0.3) is 0 Å². The van der Waals surface area contributed by atoms with E-state index in [9.17, 15) is 15.0 Å². The topological polar surface area (TPSA) is 87.0 Å². The summed E-state index contributed by atoms with van der Waals surface area (Å²) in [4.78, 5) is 11.5. The predicted octanol–water partition coefficient (Wildman–Crippen LogP) is 2.21. The SMILES string of the molecule is CCCC(CCC)CC(O)C1OC(O)=C(O)C1=O. The van der Waals surface area contributed by atoms with Crippen LogP contribution < -0.4 is 0 Å². The van der Waals surface area contributed by atoms with Crippen molar-refractivity contribution in [2.45, 2.75) is 58.2 Å². The molecule has 0 aromatic rings. The second-order valence-corrected chi connectivity index (χ2v) is 4.80. The van der Waals surface area contributed by atoms with Gasteiger partial charge in [0.2, 0.25) is 11.5 Å². The molecule has 5 nitrogen and oxygen atoms in total. The summed E-state index contributed by atoms with van der Waals surface area (Å²) in [5.41, 5.74) is 0. The molecule has 1 rings (SSSR count). The van der Waals surface area contributed by atoms with E-state index in [4.69, 9.17) is 9.84 Å². The van der Waals surface area contributed by atoms with Gasteiger partial charge in [-0.25, -0.2) is 0 Å². The smallest absolute Gasteiger partial charge is 0.325 e. The highest BCUT2D eigenvalue weighted by Gasteiger charge is 2.40. The summed E-state index contributed by atoms with van der Waals surface area (Å²) in [5.74, 6) is -1.99. The number of rotatable bonds is 7. The van der Waals surface area contributed by atoms with E-state index >= 15 is 0 Å². The molecule has 0 radical (unpaired) electrons. The van der Waals surface area contributed by atoms with E-state index in [-0.39, 0.29) is 0 Å². The second kappa shape index (κ2) is 6.64. The Kier molecular flexibility index (Phi) is 5.47. The summed E-state index contributed by atoms with van der Waals surface area (Å²) in [6, 6.07) is 0. The first-order chi connectivity index (χ1) is 8.51. The number of aliphatic hydroxyl groups is 3.